The van der Waals surface area contributed by atoms with Gasteiger partial charge >= 0.3 is 0 Å². The predicted molar refractivity (Wildman–Crippen MR) is 430 cm³/mol. The van der Waals surface area contributed by atoms with Crippen molar-refractivity contribution in [3.63, 3.8) is 0 Å². The topological polar surface area (TPSA) is 87.7 Å². The third-order valence-electron chi connectivity index (χ3n) is 22.5. The Labute approximate surface area is 618 Å². The van der Waals surface area contributed by atoms with E-state index in [9.17, 15) is 19.2 Å². The molecule has 0 saturated carbocycles. The molecule has 1 atom stereocenters. The second-order valence-corrected chi connectivity index (χ2v) is 30.0. The molecule has 2 aromatic heterocycles. The molecule has 106 heavy (non-hydrogen) atoms. The first-order valence-electron chi connectivity index (χ1n) is 36.2. The molecule has 5 aliphatic rings. The summed E-state index contributed by atoms with van der Waals surface area (Å²) in [5, 5.41) is 4.82. The van der Waals surface area contributed by atoms with Crippen LogP contribution in [-0.2, 0) is 24.7 Å². The average Bonchev–Trinajstić information content (AvgIpc) is 1.45. The molecule has 7 nitrogen and oxygen atoms in total. The molecule has 0 amide bonds. The lowest BCUT2D eigenvalue weighted by molar-refractivity contribution is 0.0975. The van der Waals surface area contributed by atoms with Gasteiger partial charge in [0.2, 0.25) is 0 Å². The maximum absolute atomic E-state index is 14.7. The molecular weight excluding hydrogens is 1320 g/mol. The Kier molecular flexibility index (Phi) is 14.4. The molecule has 502 valence electrons. The van der Waals surface area contributed by atoms with Crippen LogP contribution in [0.3, 0.4) is 0 Å². The van der Waals surface area contributed by atoms with Crippen molar-refractivity contribution < 1.29 is 19.2 Å². The number of nitrogens with zero attached hydrogens (tertiary/aromatic N) is 3. The van der Waals surface area contributed by atoms with Crippen LogP contribution in [0, 0.1) is 20.8 Å². The maximum Gasteiger partial charge on any atom is 0.197 e. The summed E-state index contributed by atoms with van der Waals surface area (Å²) in [6.45, 7) is 6.72. The fraction of sp³-hybridized carbons (Fsp3) is 0.0714. The highest BCUT2D eigenvalue weighted by Crippen LogP contribution is 2.65. The molecular formula is C98H65N3O4S. The monoisotopic (exact) mass is 1380 g/mol. The molecule has 13 aromatic carbocycles. The van der Waals surface area contributed by atoms with E-state index in [4.69, 9.17) is 4.98 Å². The number of Topliss-reactive ketones (excluding diaryl/α,β-unsaturated/α-hetero) is 4. The Morgan fingerprint density at radius 1 is 0.396 bits per heavy atom. The second-order valence-electron chi connectivity index (χ2n) is 28.8. The fourth-order valence-corrected chi connectivity index (χ4v) is 19.0. The number of para-hydroxylation sites is 1. The van der Waals surface area contributed by atoms with Crippen LogP contribution in [0.1, 0.15) is 124 Å². The predicted octanol–water partition coefficient (Wildman–Crippen LogP) is 23.3. The van der Waals surface area contributed by atoms with Crippen LogP contribution in [-0.4, -0.2) is 28.1 Å². The van der Waals surface area contributed by atoms with Crippen LogP contribution < -0.4 is 9.80 Å². The van der Waals surface area contributed by atoms with Crippen LogP contribution in [0.5, 0.6) is 0 Å². The lowest BCUT2D eigenvalue weighted by Gasteiger charge is -2.45. The lowest BCUT2D eigenvalue weighted by atomic mass is 9.64. The standard InChI is InChI=1S/C98H65N3O4S/c1-57-42-62(43-58(2)92(57)101-88-38-35-60(47-81-93(102)77-52-63-20-7-8-21-64(63)53-78(77)94(81)103)45-71(88)50-67-24-11-13-29-74(67)75-30-14-12-25-68(75)51-72-44-59(3)106-97(72)101)46-70-26-19-33-84-91(70)76-31-15-16-32-83(76)98(84)85-49-61(48-82-95(104)79-54-65-22-9-10-23-66(65)55-80(79)96(82)105)36-39-89(85)100(73-27-5-4-6-28-73)90-40-37-69(56-86(90)98)87-34-17-18-41-99-87/h4-45,47-49,52-56H,46,50-51H2,1-3H3. The first kappa shape index (κ1) is 62.7. The van der Waals surface area contributed by atoms with Gasteiger partial charge in [0.25, 0.3) is 0 Å². The van der Waals surface area contributed by atoms with E-state index in [2.05, 4.69) is 225 Å². The number of carbonyl (C=O) groups is 4. The highest BCUT2D eigenvalue weighted by atomic mass is 32.1. The molecule has 8 heteroatoms. The summed E-state index contributed by atoms with van der Waals surface area (Å²) < 4.78 is 0. The Balaban J connectivity index is 0.752. The van der Waals surface area contributed by atoms with E-state index in [0.717, 1.165) is 122 Å². The number of hydrogen-bond acceptors (Lipinski definition) is 8. The fourth-order valence-electron chi connectivity index (χ4n) is 18.0. The van der Waals surface area contributed by atoms with E-state index >= 15 is 0 Å². The van der Waals surface area contributed by atoms with E-state index < -0.39 is 5.41 Å². The summed E-state index contributed by atoms with van der Waals surface area (Å²) in [6, 6.07) is 100. The van der Waals surface area contributed by atoms with E-state index in [0.29, 0.717) is 41.5 Å². The van der Waals surface area contributed by atoms with Crippen molar-refractivity contribution >= 4 is 102 Å². The normalized spacial score (nSPS) is 15.1. The molecule has 4 heterocycles. The minimum atomic E-state index is -0.928. The first-order valence-corrected chi connectivity index (χ1v) is 37.0. The summed E-state index contributed by atoms with van der Waals surface area (Å²) in [5.41, 5.74) is 28.0. The highest BCUT2D eigenvalue weighted by Gasteiger charge is 2.53. The van der Waals surface area contributed by atoms with Gasteiger partial charge in [-0.25, -0.2) is 0 Å². The van der Waals surface area contributed by atoms with Gasteiger partial charge in [-0.1, -0.05) is 194 Å². The third kappa shape index (κ3) is 9.74. The molecule has 0 saturated heterocycles. The first-order chi connectivity index (χ1) is 51.9. The Morgan fingerprint density at radius 2 is 0.906 bits per heavy atom. The average molecular weight is 1380 g/mol. The van der Waals surface area contributed by atoms with Gasteiger partial charge < -0.3 is 9.80 Å². The molecule has 0 fully saturated rings. The van der Waals surface area contributed by atoms with Gasteiger partial charge in [0.05, 0.1) is 45.0 Å². The van der Waals surface area contributed by atoms with Crippen molar-refractivity contribution in [2.75, 3.05) is 9.80 Å². The summed E-state index contributed by atoms with van der Waals surface area (Å²) >= 11 is 1.81. The third-order valence-corrected chi connectivity index (χ3v) is 23.6. The van der Waals surface area contributed by atoms with Gasteiger partial charge in [-0.05, 0) is 252 Å². The van der Waals surface area contributed by atoms with Crippen LogP contribution in [0.2, 0.25) is 0 Å². The van der Waals surface area contributed by atoms with Crippen molar-refractivity contribution in [2.45, 2.75) is 45.4 Å². The zero-order valence-corrected chi connectivity index (χ0v) is 59.2. The second kappa shape index (κ2) is 24.3. The molecule has 2 aliphatic heterocycles. The van der Waals surface area contributed by atoms with E-state index in [-0.39, 0.29) is 34.3 Å². The zero-order chi connectivity index (χ0) is 71.2. The molecule has 0 N–H and O–H groups in total. The lowest BCUT2D eigenvalue weighted by Crippen LogP contribution is -2.36. The molecule has 0 bridgehead atoms. The summed E-state index contributed by atoms with van der Waals surface area (Å²) in [6.07, 6.45) is 7.38. The van der Waals surface area contributed by atoms with Crippen LogP contribution >= 0.6 is 11.3 Å². The Hall–Kier alpha value is -13.0. The zero-order valence-electron chi connectivity index (χ0n) is 58.4. The Morgan fingerprint density at radius 3 is 1.51 bits per heavy atom. The van der Waals surface area contributed by atoms with Crippen LogP contribution in [0.15, 0.2) is 302 Å². The van der Waals surface area contributed by atoms with Gasteiger partial charge in [0.1, 0.15) is 5.00 Å². The number of rotatable bonds is 7. The number of aryl methyl sites for hydroxylation is 3. The molecule has 1 spiro atoms. The molecule has 0 radical (unpaired) electrons. The number of pyridine rings is 1. The number of anilines is 6. The van der Waals surface area contributed by atoms with Gasteiger partial charge in [-0.3, -0.25) is 24.2 Å². The van der Waals surface area contributed by atoms with Gasteiger partial charge in [-0.2, -0.15) is 0 Å². The number of fused-ring (bicyclic) bond motifs is 18. The van der Waals surface area contributed by atoms with Crippen molar-refractivity contribution in [1.82, 2.24) is 4.98 Å². The van der Waals surface area contributed by atoms with Crippen LogP contribution in [0.4, 0.5) is 33.4 Å². The van der Waals surface area contributed by atoms with Gasteiger partial charge in [-0.15, -0.1) is 11.3 Å². The summed E-state index contributed by atoms with van der Waals surface area (Å²) in [4.78, 5) is 69.2. The number of aromatic nitrogens is 1. The highest BCUT2D eigenvalue weighted by molar-refractivity contribution is 7.16. The number of benzene rings is 13. The smallest absolute Gasteiger partial charge is 0.197 e. The van der Waals surface area contributed by atoms with Crippen LogP contribution in [0.25, 0.3) is 67.2 Å². The van der Waals surface area contributed by atoms with Crippen molar-refractivity contribution in [3.8, 4) is 33.5 Å². The summed E-state index contributed by atoms with van der Waals surface area (Å²) in [7, 11) is 0. The van der Waals surface area contributed by atoms with E-state index in [1.165, 1.54) is 49.4 Å². The van der Waals surface area contributed by atoms with Crippen molar-refractivity contribution in [2.24, 2.45) is 0 Å². The summed E-state index contributed by atoms with van der Waals surface area (Å²) in [5.74, 6) is -1.05. The molecule has 3 aliphatic carbocycles. The maximum atomic E-state index is 14.7. The van der Waals surface area contributed by atoms with Crippen molar-refractivity contribution in [1.29, 1.82) is 0 Å². The number of hydrogen-bond donors (Lipinski definition) is 0. The molecule has 15 aromatic rings. The minimum absolute atomic E-state index is 0.151. The number of ketones is 4. The molecule has 1 unspecified atom stereocenters. The minimum Gasteiger partial charge on any atom is -0.310 e. The SMILES string of the molecule is Cc1cc2c(s1)N(c1c(C)cc(Cc3cccc4c3-c3ccccc3C43c4cc(C=C5C(=O)c6cc7ccccc7cc6C5=O)ccc4N(c4ccccc4)c4ccc(-c5ccccn5)cc43)cc1C)c1ccc(C=C3C(=O)c4cc5ccccc5cc4C3=O)cc1Cc1ccccc1-c1ccccc1C2. The Bertz CT molecular complexity index is 6320. The van der Waals surface area contributed by atoms with E-state index in [1.807, 2.05) is 121 Å². The molecule has 20 rings (SSSR count). The quantitative estimate of drug-likeness (QED) is 0.116. The van der Waals surface area contributed by atoms with Gasteiger partial charge in [0, 0.05) is 57.4 Å². The van der Waals surface area contributed by atoms with Gasteiger partial charge in [0.15, 0.2) is 23.1 Å². The van der Waals surface area contributed by atoms with Crippen molar-refractivity contribution in [3.05, 3.63) is 407 Å². The number of allylic oxidation sites excluding steroid dienone is 2. The number of thiophene rings is 1. The number of carbonyl (C=O) groups excluding carboxylic acids is 4. The van der Waals surface area contributed by atoms with E-state index in [1.54, 1.807) is 0 Å². The largest absolute Gasteiger partial charge is 0.310 e.